The number of alkyl halides is 3. The van der Waals surface area contributed by atoms with Crippen LogP contribution < -0.4 is 10.6 Å². The van der Waals surface area contributed by atoms with Gasteiger partial charge >= 0.3 is 12.2 Å². The number of amides is 2. The molecule has 0 aliphatic rings. The van der Waals surface area contributed by atoms with Gasteiger partial charge in [-0.15, -0.1) is 0 Å². The minimum atomic E-state index is -4.84. The number of benzene rings is 1. The first kappa shape index (κ1) is 20.5. The molecule has 29 heavy (non-hydrogen) atoms. The number of carbonyl (C=O) groups excluding carboxylic acids is 1. The molecule has 3 aromatic rings. The van der Waals surface area contributed by atoms with Crippen LogP contribution in [0.1, 0.15) is 11.3 Å². The van der Waals surface area contributed by atoms with E-state index in [0.29, 0.717) is 10.6 Å². The second kappa shape index (κ2) is 8.44. The first-order valence-corrected chi connectivity index (χ1v) is 8.58. The molecule has 1 aromatic carbocycles. The Morgan fingerprint density at radius 1 is 1.07 bits per heavy atom. The van der Waals surface area contributed by atoms with Crippen LogP contribution in [-0.2, 0) is 12.7 Å². The SMILES string of the molecule is O=C(NCc1ccc(Cl)cc1)Nc1ccc(-c2cncc(F)c2)nc1C(F)(F)F. The normalized spacial score (nSPS) is 11.2. The molecule has 0 radical (unpaired) electrons. The lowest BCUT2D eigenvalue weighted by Crippen LogP contribution is -2.29. The topological polar surface area (TPSA) is 66.9 Å². The van der Waals surface area contributed by atoms with Crippen molar-refractivity contribution in [2.24, 2.45) is 0 Å². The van der Waals surface area contributed by atoms with Crippen molar-refractivity contribution in [1.82, 2.24) is 15.3 Å². The summed E-state index contributed by atoms with van der Waals surface area (Å²) in [5.41, 5.74) is -1.17. The van der Waals surface area contributed by atoms with Crippen LogP contribution in [0.5, 0.6) is 0 Å². The molecule has 0 fully saturated rings. The summed E-state index contributed by atoms with van der Waals surface area (Å²) in [5.74, 6) is -0.707. The molecule has 2 amide bonds. The highest BCUT2D eigenvalue weighted by molar-refractivity contribution is 6.30. The summed E-state index contributed by atoms with van der Waals surface area (Å²) in [4.78, 5) is 19.2. The molecule has 2 heterocycles. The minimum Gasteiger partial charge on any atom is -0.334 e. The Kier molecular flexibility index (Phi) is 5.97. The quantitative estimate of drug-likeness (QED) is 0.560. The van der Waals surface area contributed by atoms with Gasteiger partial charge in [0.1, 0.15) is 5.82 Å². The Bertz CT molecular complexity index is 1030. The fourth-order valence-corrected chi connectivity index (χ4v) is 2.57. The maximum absolute atomic E-state index is 13.4. The van der Waals surface area contributed by atoms with Gasteiger partial charge in [0, 0.05) is 23.3 Å². The number of carbonyl (C=O) groups is 1. The average Bonchev–Trinajstić information content (AvgIpc) is 2.67. The molecule has 0 saturated heterocycles. The number of hydrogen-bond acceptors (Lipinski definition) is 3. The highest BCUT2D eigenvalue weighted by Gasteiger charge is 2.36. The van der Waals surface area contributed by atoms with Gasteiger partial charge in [-0.05, 0) is 35.9 Å². The maximum atomic E-state index is 13.4. The predicted octanol–water partition coefficient (Wildman–Crippen LogP) is 5.28. The third kappa shape index (κ3) is 5.41. The van der Waals surface area contributed by atoms with E-state index in [2.05, 4.69) is 20.6 Å². The van der Waals surface area contributed by atoms with E-state index in [0.717, 1.165) is 18.3 Å². The second-order valence-electron chi connectivity index (χ2n) is 5.92. The third-order valence-corrected chi connectivity index (χ3v) is 4.03. The molecule has 2 N–H and O–H groups in total. The van der Waals surface area contributed by atoms with Crippen LogP contribution in [0, 0.1) is 5.82 Å². The first-order chi connectivity index (χ1) is 13.7. The predicted molar refractivity (Wildman–Crippen MR) is 99.7 cm³/mol. The summed E-state index contributed by atoms with van der Waals surface area (Å²) < 4.78 is 53.6. The molecule has 0 unspecified atom stereocenters. The van der Waals surface area contributed by atoms with Crippen LogP contribution in [0.25, 0.3) is 11.3 Å². The molecule has 2 aromatic heterocycles. The third-order valence-electron chi connectivity index (χ3n) is 3.78. The number of urea groups is 1. The molecular formula is C19H13ClF4N4O. The van der Waals surface area contributed by atoms with Crippen molar-refractivity contribution >= 4 is 23.3 Å². The summed E-state index contributed by atoms with van der Waals surface area (Å²) >= 11 is 5.77. The summed E-state index contributed by atoms with van der Waals surface area (Å²) in [6.45, 7) is 0.0881. The fraction of sp³-hybridized carbons (Fsp3) is 0.105. The van der Waals surface area contributed by atoms with E-state index in [1.54, 1.807) is 24.3 Å². The smallest absolute Gasteiger partial charge is 0.334 e. The summed E-state index contributed by atoms with van der Waals surface area (Å²) in [6, 6.07) is 9.07. The number of nitrogens with zero attached hydrogens (tertiary/aromatic N) is 2. The summed E-state index contributed by atoms with van der Waals surface area (Å²) in [7, 11) is 0. The zero-order valence-electron chi connectivity index (χ0n) is 14.6. The number of anilines is 1. The van der Waals surface area contributed by atoms with Crippen LogP contribution in [0.2, 0.25) is 5.02 Å². The number of aromatic nitrogens is 2. The Morgan fingerprint density at radius 3 is 2.45 bits per heavy atom. The monoisotopic (exact) mass is 424 g/mol. The highest BCUT2D eigenvalue weighted by Crippen LogP contribution is 2.35. The summed E-state index contributed by atoms with van der Waals surface area (Å²) in [5, 5.41) is 5.11. The number of nitrogens with one attached hydrogen (secondary N) is 2. The van der Waals surface area contributed by atoms with Crippen molar-refractivity contribution in [3.8, 4) is 11.3 Å². The van der Waals surface area contributed by atoms with Gasteiger partial charge in [-0.1, -0.05) is 23.7 Å². The van der Waals surface area contributed by atoms with Gasteiger partial charge in [-0.3, -0.25) is 4.98 Å². The van der Waals surface area contributed by atoms with Gasteiger partial charge in [0.25, 0.3) is 0 Å². The molecular weight excluding hydrogens is 412 g/mol. The first-order valence-electron chi connectivity index (χ1n) is 8.21. The molecule has 0 bridgehead atoms. The second-order valence-corrected chi connectivity index (χ2v) is 6.35. The number of rotatable bonds is 4. The Labute approximate surface area is 167 Å². The molecule has 0 aliphatic carbocycles. The number of hydrogen-bond donors (Lipinski definition) is 2. The lowest BCUT2D eigenvalue weighted by atomic mass is 10.1. The Morgan fingerprint density at radius 2 is 1.79 bits per heavy atom. The molecule has 0 spiro atoms. The van der Waals surface area contributed by atoms with Gasteiger partial charge in [0.05, 0.1) is 17.6 Å². The zero-order valence-corrected chi connectivity index (χ0v) is 15.4. The van der Waals surface area contributed by atoms with E-state index in [9.17, 15) is 22.4 Å². The van der Waals surface area contributed by atoms with E-state index in [-0.39, 0.29) is 17.8 Å². The average molecular weight is 425 g/mol. The van der Waals surface area contributed by atoms with Crippen LogP contribution in [0.4, 0.5) is 28.0 Å². The molecule has 10 heteroatoms. The van der Waals surface area contributed by atoms with E-state index in [1.807, 2.05) is 0 Å². The van der Waals surface area contributed by atoms with Crippen LogP contribution in [0.15, 0.2) is 54.9 Å². The van der Waals surface area contributed by atoms with Crippen LogP contribution in [-0.4, -0.2) is 16.0 Å². The lowest BCUT2D eigenvalue weighted by molar-refractivity contribution is -0.140. The van der Waals surface area contributed by atoms with Crippen LogP contribution in [0.3, 0.4) is 0 Å². The van der Waals surface area contributed by atoms with E-state index >= 15 is 0 Å². The largest absolute Gasteiger partial charge is 0.435 e. The fourth-order valence-electron chi connectivity index (χ4n) is 2.44. The van der Waals surface area contributed by atoms with Crippen LogP contribution >= 0.6 is 11.6 Å². The molecule has 3 rings (SSSR count). The Hall–Kier alpha value is -3.20. The minimum absolute atomic E-state index is 0.0780. The number of pyridine rings is 2. The zero-order chi connectivity index (χ0) is 21.0. The van der Waals surface area contributed by atoms with Crippen molar-refractivity contribution in [2.75, 3.05) is 5.32 Å². The molecule has 150 valence electrons. The van der Waals surface area contributed by atoms with Gasteiger partial charge in [-0.25, -0.2) is 14.2 Å². The van der Waals surface area contributed by atoms with E-state index in [4.69, 9.17) is 11.6 Å². The van der Waals surface area contributed by atoms with Gasteiger partial charge in [0.15, 0.2) is 5.69 Å². The maximum Gasteiger partial charge on any atom is 0.435 e. The summed E-state index contributed by atoms with van der Waals surface area (Å²) in [6.07, 6.45) is -2.72. The standard InChI is InChI=1S/C19H13ClF4N4O/c20-13-3-1-11(2-4-13)8-26-18(29)28-16-6-5-15(27-17(16)19(22,23)24)12-7-14(21)10-25-9-12/h1-7,9-10H,8H2,(H2,26,28,29). The lowest BCUT2D eigenvalue weighted by Gasteiger charge is -2.15. The molecule has 0 aliphatic heterocycles. The van der Waals surface area contributed by atoms with Crippen molar-refractivity contribution < 1.29 is 22.4 Å². The van der Waals surface area contributed by atoms with E-state index < -0.39 is 29.4 Å². The molecule has 0 saturated carbocycles. The van der Waals surface area contributed by atoms with Crippen molar-refractivity contribution in [3.63, 3.8) is 0 Å². The van der Waals surface area contributed by atoms with E-state index in [1.165, 1.54) is 12.3 Å². The van der Waals surface area contributed by atoms with Crippen molar-refractivity contribution in [1.29, 1.82) is 0 Å². The molecule has 5 nitrogen and oxygen atoms in total. The Balaban J connectivity index is 1.79. The van der Waals surface area contributed by atoms with Crippen molar-refractivity contribution in [2.45, 2.75) is 12.7 Å². The van der Waals surface area contributed by atoms with Gasteiger partial charge < -0.3 is 10.6 Å². The van der Waals surface area contributed by atoms with Gasteiger partial charge in [-0.2, -0.15) is 13.2 Å². The van der Waals surface area contributed by atoms with Crippen molar-refractivity contribution in [3.05, 3.63) is 77.0 Å². The molecule has 0 atom stereocenters. The van der Waals surface area contributed by atoms with Gasteiger partial charge in [0.2, 0.25) is 0 Å². The highest BCUT2D eigenvalue weighted by atomic mass is 35.5. The number of halogens is 5.